The molecule has 7 nitrogen and oxygen atoms in total. The maximum Gasteiger partial charge on any atom is 0.263 e. The molecule has 0 spiro atoms. The van der Waals surface area contributed by atoms with Crippen molar-refractivity contribution < 1.29 is 14.3 Å². The number of thiophene rings is 1. The van der Waals surface area contributed by atoms with Gasteiger partial charge in [-0.2, -0.15) is 0 Å². The Balaban J connectivity index is 2.95. The molecule has 1 heterocycles. The summed E-state index contributed by atoms with van der Waals surface area (Å²) < 4.78 is 5.43. The van der Waals surface area contributed by atoms with Crippen LogP contribution in [0.3, 0.4) is 0 Å². The van der Waals surface area contributed by atoms with Gasteiger partial charge in [0, 0.05) is 20.6 Å². The summed E-state index contributed by atoms with van der Waals surface area (Å²) in [5.41, 5.74) is 6.41. The van der Waals surface area contributed by atoms with E-state index in [1.165, 1.54) is 14.1 Å². The fraction of sp³-hybridized carbons (Fsp3) is 0.538. The average Bonchev–Trinajstić information content (AvgIpc) is 2.78. The molecule has 0 radical (unpaired) electrons. The number of nitrogen functional groups attached to an aromatic ring is 1. The predicted molar refractivity (Wildman–Crippen MR) is 85.1 cm³/mol. The number of hydrogen-bond donors (Lipinski definition) is 4. The lowest BCUT2D eigenvalue weighted by Gasteiger charge is -2.09. The van der Waals surface area contributed by atoms with Crippen molar-refractivity contribution in [3.63, 3.8) is 0 Å². The minimum Gasteiger partial charge on any atom is -0.397 e. The van der Waals surface area contributed by atoms with Gasteiger partial charge in [0.25, 0.3) is 11.8 Å². The van der Waals surface area contributed by atoms with Crippen LogP contribution < -0.4 is 21.7 Å². The summed E-state index contributed by atoms with van der Waals surface area (Å²) in [4.78, 5) is 24.0. The third-order valence-corrected chi connectivity index (χ3v) is 3.83. The first kappa shape index (κ1) is 17.3. The summed E-state index contributed by atoms with van der Waals surface area (Å²) in [6, 6.07) is 0. The zero-order valence-corrected chi connectivity index (χ0v) is 13.5. The zero-order valence-electron chi connectivity index (χ0n) is 12.7. The van der Waals surface area contributed by atoms with Crippen LogP contribution in [0.4, 0.5) is 10.7 Å². The van der Waals surface area contributed by atoms with Crippen LogP contribution in [0.1, 0.15) is 33.9 Å². The Morgan fingerprint density at radius 1 is 1.24 bits per heavy atom. The number of anilines is 2. The first-order valence-corrected chi connectivity index (χ1v) is 7.45. The number of carbonyl (C=O) groups excluding carboxylic acids is 2. The fourth-order valence-corrected chi connectivity index (χ4v) is 2.75. The highest BCUT2D eigenvalue weighted by atomic mass is 32.1. The molecule has 5 N–H and O–H groups in total. The van der Waals surface area contributed by atoms with Crippen molar-refractivity contribution in [3.8, 4) is 0 Å². The molecule has 0 bridgehead atoms. The number of ether oxygens (including phenoxy) is 1. The number of nitrogens with two attached hydrogens (primary N) is 1. The highest BCUT2D eigenvalue weighted by Crippen LogP contribution is 2.35. The Morgan fingerprint density at radius 2 is 1.86 bits per heavy atom. The third kappa shape index (κ3) is 4.33. The summed E-state index contributed by atoms with van der Waals surface area (Å²) in [7, 11) is 3.04. The molecule has 2 amide bonds. The first-order chi connectivity index (χ1) is 9.92. The predicted octanol–water partition coefficient (Wildman–Crippen LogP) is 0.886. The molecule has 0 saturated carbocycles. The lowest BCUT2D eigenvalue weighted by molar-refractivity contribution is 0.0869. The van der Waals surface area contributed by atoms with E-state index >= 15 is 0 Å². The first-order valence-electron chi connectivity index (χ1n) is 6.64. The minimum atomic E-state index is -0.328. The van der Waals surface area contributed by atoms with Gasteiger partial charge in [0.15, 0.2) is 0 Å². The second-order valence-electron chi connectivity index (χ2n) is 4.55. The zero-order chi connectivity index (χ0) is 16.0. The van der Waals surface area contributed by atoms with Gasteiger partial charge >= 0.3 is 0 Å². The fourth-order valence-electron chi connectivity index (χ4n) is 1.66. The van der Waals surface area contributed by atoms with E-state index in [9.17, 15) is 9.59 Å². The van der Waals surface area contributed by atoms with Gasteiger partial charge in [-0.05, 0) is 13.8 Å². The maximum atomic E-state index is 11.9. The minimum absolute atomic E-state index is 0.139. The Morgan fingerprint density at radius 3 is 2.38 bits per heavy atom. The van der Waals surface area contributed by atoms with Crippen molar-refractivity contribution >= 4 is 33.8 Å². The van der Waals surface area contributed by atoms with Crippen LogP contribution in [0, 0.1) is 0 Å². The van der Waals surface area contributed by atoms with E-state index in [0.717, 1.165) is 11.3 Å². The van der Waals surface area contributed by atoms with E-state index < -0.39 is 0 Å². The molecule has 1 aromatic rings. The molecule has 0 aliphatic rings. The van der Waals surface area contributed by atoms with Crippen molar-refractivity contribution in [2.75, 3.05) is 38.3 Å². The van der Waals surface area contributed by atoms with Gasteiger partial charge in [-0.3, -0.25) is 9.59 Å². The van der Waals surface area contributed by atoms with Crippen LogP contribution in [-0.2, 0) is 4.74 Å². The highest BCUT2D eigenvalue weighted by molar-refractivity contribution is 7.19. The number of rotatable bonds is 7. The van der Waals surface area contributed by atoms with E-state index in [2.05, 4.69) is 16.0 Å². The Bertz CT molecular complexity index is 514. The number of amides is 2. The Labute approximate surface area is 128 Å². The van der Waals surface area contributed by atoms with Crippen LogP contribution >= 0.6 is 11.3 Å². The molecule has 0 aromatic carbocycles. The molecule has 0 saturated heterocycles. The molecule has 0 aliphatic heterocycles. The van der Waals surface area contributed by atoms with Gasteiger partial charge in [0.05, 0.1) is 24.0 Å². The van der Waals surface area contributed by atoms with E-state index in [1.54, 1.807) is 0 Å². The van der Waals surface area contributed by atoms with E-state index in [0.29, 0.717) is 28.6 Å². The lowest BCUT2D eigenvalue weighted by atomic mass is 10.2. The molecule has 118 valence electrons. The number of carbonyl (C=O) groups is 2. The van der Waals surface area contributed by atoms with Crippen LogP contribution in [0.2, 0.25) is 0 Å². The summed E-state index contributed by atoms with van der Waals surface area (Å²) in [6.07, 6.45) is 0.139. The molecule has 8 heteroatoms. The Kier molecular flexibility index (Phi) is 6.44. The molecule has 0 aliphatic carbocycles. The molecule has 1 rings (SSSR count). The number of hydrogen-bond acceptors (Lipinski definition) is 6. The van der Waals surface area contributed by atoms with Crippen molar-refractivity contribution in [2.45, 2.75) is 20.0 Å². The highest BCUT2D eigenvalue weighted by Gasteiger charge is 2.24. The van der Waals surface area contributed by atoms with Gasteiger partial charge in [0.1, 0.15) is 9.88 Å². The van der Waals surface area contributed by atoms with Gasteiger partial charge in [0.2, 0.25) is 0 Å². The molecular weight excluding hydrogens is 292 g/mol. The van der Waals surface area contributed by atoms with Crippen molar-refractivity contribution in [1.82, 2.24) is 10.6 Å². The standard InChI is InChI=1S/C13H22N4O3S/c1-7(2)20-6-5-17-13-8(11(18)15-3)9(14)10(21-13)12(19)16-4/h7,17H,5-6,14H2,1-4H3,(H,15,18)(H,16,19). The summed E-state index contributed by atoms with van der Waals surface area (Å²) in [5.74, 6) is -0.639. The smallest absolute Gasteiger partial charge is 0.263 e. The van der Waals surface area contributed by atoms with E-state index in [4.69, 9.17) is 10.5 Å². The molecule has 0 unspecified atom stereocenters. The van der Waals surface area contributed by atoms with Crippen molar-refractivity contribution in [3.05, 3.63) is 10.4 Å². The van der Waals surface area contributed by atoms with Crippen LogP contribution in [0.25, 0.3) is 0 Å². The number of nitrogens with one attached hydrogen (secondary N) is 3. The van der Waals surface area contributed by atoms with Gasteiger partial charge in [-0.1, -0.05) is 0 Å². The second kappa shape index (κ2) is 7.84. The monoisotopic (exact) mass is 314 g/mol. The third-order valence-electron chi connectivity index (χ3n) is 2.67. The van der Waals surface area contributed by atoms with E-state index in [-0.39, 0.29) is 23.6 Å². The molecular formula is C13H22N4O3S. The molecule has 21 heavy (non-hydrogen) atoms. The normalized spacial score (nSPS) is 10.5. The van der Waals surface area contributed by atoms with Gasteiger partial charge < -0.3 is 26.4 Å². The topological polar surface area (TPSA) is 105 Å². The van der Waals surface area contributed by atoms with Crippen LogP contribution in [-0.4, -0.2) is 45.2 Å². The van der Waals surface area contributed by atoms with Crippen molar-refractivity contribution in [1.29, 1.82) is 0 Å². The van der Waals surface area contributed by atoms with Gasteiger partial charge in [-0.25, -0.2) is 0 Å². The van der Waals surface area contributed by atoms with E-state index in [1.807, 2.05) is 13.8 Å². The summed E-state index contributed by atoms with van der Waals surface area (Å²) in [6.45, 7) is 4.92. The van der Waals surface area contributed by atoms with Crippen LogP contribution in [0.5, 0.6) is 0 Å². The van der Waals surface area contributed by atoms with Crippen LogP contribution in [0.15, 0.2) is 0 Å². The largest absolute Gasteiger partial charge is 0.397 e. The summed E-state index contributed by atoms with van der Waals surface area (Å²) >= 11 is 1.16. The summed E-state index contributed by atoms with van der Waals surface area (Å²) in [5, 5.41) is 8.70. The Hall–Kier alpha value is -1.80. The quantitative estimate of drug-likeness (QED) is 0.559. The molecule has 0 fully saturated rings. The van der Waals surface area contributed by atoms with Crippen molar-refractivity contribution in [2.24, 2.45) is 0 Å². The molecule has 1 aromatic heterocycles. The lowest BCUT2D eigenvalue weighted by Crippen LogP contribution is -2.22. The van der Waals surface area contributed by atoms with Gasteiger partial charge in [-0.15, -0.1) is 11.3 Å². The molecule has 0 atom stereocenters. The second-order valence-corrected chi connectivity index (χ2v) is 5.57. The maximum absolute atomic E-state index is 11.9. The average molecular weight is 314 g/mol. The SMILES string of the molecule is CNC(=O)c1sc(NCCOC(C)C)c(C(=O)NC)c1N.